The van der Waals surface area contributed by atoms with E-state index in [1.54, 1.807) is 0 Å². The van der Waals surface area contributed by atoms with Crippen molar-refractivity contribution < 1.29 is 8.42 Å². The first kappa shape index (κ1) is 9.04. The van der Waals surface area contributed by atoms with Crippen molar-refractivity contribution in [3.8, 4) is 0 Å². The summed E-state index contributed by atoms with van der Waals surface area (Å²) >= 11 is -0.750. The van der Waals surface area contributed by atoms with Crippen LogP contribution in [0, 0.1) is 0 Å². The van der Waals surface area contributed by atoms with Gasteiger partial charge in [0.2, 0.25) is 0 Å². The van der Waals surface area contributed by atoms with Crippen molar-refractivity contribution in [2.24, 2.45) is 0 Å². The van der Waals surface area contributed by atoms with Crippen LogP contribution in [0.3, 0.4) is 0 Å². The minimum Gasteiger partial charge on any atom is -0.168 e. The summed E-state index contributed by atoms with van der Waals surface area (Å²) in [6.07, 6.45) is 0. The number of hydrogen-bond donors (Lipinski definition) is 0. The topological polar surface area (TPSA) is 34.1 Å². The summed E-state index contributed by atoms with van der Waals surface area (Å²) in [7, 11) is 0. The molecule has 0 aromatic carbocycles. The molecule has 0 aliphatic heterocycles. The zero-order valence-corrected chi connectivity index (χ0v) is 7.19. The SMILES string of the molecule is O=S=O.[Ba]. The van der Waals surface area contributed by atoms with E-state index in [4.69, 9.17) is 8.42 Å². The molecule has 0 aliphatic carbocycles. The molecular formula is BaO2S. The number of rotatable bonds is 0. The van der Waals surface area contributed by atoms with Gasteiger partial charge in [-0.25, -0.2) is 0 Å². The van der Waals surface area contributed by atoms with Crippen molar-refractivity contribution in [3.63, 3.8) is 0 Å². The molecule has 0 fully saturated rings. The van der Waals surface area contributed by atoms with Crippen molar-refractivity contribution in [2.75, 3.05) is 0 Å². The van der Waals surface area contributed by atoms with Crippen LogP contribution in [-0.2, 0) is 11.6 Å². The van der Waals surface area contributed by atoms with Crippen molar-refractivity contribution in [1.82, 2.24) is 0 Å². The summed E-state index contributed by atoms with van der Waals surface area (Å²) in [4.78, 5) is 0. The summed E-state index contributed by atoms with van der Waals surface area (Å²) < 4.78 is 16.6. The Morgan fingerprint density at radius 1 is 1.25 bits per heavy atom. The van der Waals surface area contributed by atoms with E-state index in [1.807, 2.05) is 0 Å². The number of hydrogen-bond acceptors (Lipinski definition) is 2. The van der Waals surface area contributed by atoms with Gasteiger partial charge in [-0.2, -0.15) is 8.42 Å². The maximum atomic E-state index is 8.29. The van der Waals surface area contributed by atoms with E-state index < -0.39 is 11.6 Å². The standard InChI is InChI=1S/Ba.O2S/c;1-3-2. The minimum absolute atomic E-state index is 0. The van der Waals surface area contributed by atoms with Gasteiger partial charge in [-0.05, 0) is 0 Å². The Hall–Kier alpha value is 1.39. The Bertz CT molecular complexity index is 27.0. The van der Waals surface area contributed by atoms with E-state index in [1.165, 1.54) is 0 Å². The van der Waals surface area contributed by atoms with Crippen LogP contribution in [0.15, 0.2) is 0 Å². The third kappa shape index (κ3) is 10.0. The van der Waals surface area contributed by atoms with Crippen LogP contribution in [0.25, 0.3) is 0 Å². The van der Waals surface area contributed by atoms with Gasteiger partial charge in [0, 0.05) is 48.9 Å². The van der Waals surface area contributed by atoms with Gasteiger partial charge >= 0.3 is 11.6 Å². The average Bonchev–Trinajstić information content (AvgIpc) is 0.918. The first-order valence-electron chi connectivity index (χ1n) is 0.333. The van der Waals surface area contributed by atoms with Gasteiger partial charge in [-0.3, -0.25) is 0 Å². The Morgan fingerprint density at radius 3 is 1.25 bits per heavy atom. The van der Waals surface area contributed by atoms with Gasteiger partial charge < -0.3 is 0 Å². The van der Waals surface area contributed by atoms with E-state index in [2.05, 4.69) is 0 Å². The average molecular weight is 201 g/mol. The molecule has 0 saturated heterocycles. The van der Waals surface area contributed by atoms with Gasteiger partial charge in [-0.15, -0.1) is 0 Å². The maximum Gasteiger partial charge on any atom is 0.335 e. The molecule has 0 amide bonds. The molecule has 0 atom stereocenters. The summed E-state index contributed by atoms with van der Waals surface area (Å²) in [6.45, 7) is 0. The molecule has 0 unspecified atom stereocenters. The molecule has 0 saturated carbocycles. The van der Waals surface area contributed by atoms with Crippen LogP contribution in [-0.4, -0.2) is 57.3 Å². The second kappa shape index (κ2) is 8.83. The van der Waals surface area contributed by atoms with E-state index in [0.29, 0.717) is 0 Å². The van der Waals surface area contributed by atoms with Crippen LogP contribution in [0.4, 0.5) is 0 Å². The largest absolute Gasteiger partial charge is 0.335 e. The van der Waals surface area contributed by atoms with Gasteiger partial charge in [0.1, 0.15) is 0 Å². The van der Waals surface area contributed by atoms with E-state index in [9.17, 15) is 0 Å². The van der Waals surface area contributed by atoms with Crippen molar-refractivity contribution in [2.45, 2.75) is 0 Å². The summed E-state index contributed by atoms with van der Waals surface area (Å²) in [5, 5.41) is 0. The second-order valence-corrected chi connectivity index (χ2v) is 0.204. The fraction of sp³-hybridized carbons (Fsp3) is 0. The third-order valence-corrected chi connectivity index (χ3v) is 0. The Kier molecular flexibility index (Phi) is 20.0. The molecule has 0 rings (SSSR count). The molecule has 0 aliphatic rings. The zero-order chi connectivity index (χ0) is 2.71. The molecule has 20 valence electrons. The molecule has 4 heteroatoms. The molecular weight excluding hydrogens is 201 g/mol. The zero-order valence-electron chi connectivity index (χ0n) is 1.93. The Balaban J connectivity index is 0. The quantitative estimate of drug-likeness (QED) is 0.469. The predicted molar refractivity (Wildman–Crippen MR) is 14.7 cm³/mol. The third-order valence-electron chi connectivity index (χ3n) is 0. The van der Waals surface area contributed by atoms with Crippen molar-refractivity contribution in [3.05, 3.63) is 0 Å². The summed E-state index contributed by atoms with van der Waals surface area (Å²) in [5.41, 5.74) is 0. The Morgan fingerprint density at radius 2 is 1.25 bits per heavy atom. The van der Waals surface area contributed by atoms with Crippen molar-refractivity contribution >= 4 is 60.5 Å². The van der Waals surface area contributed by atoms with Crippen LogP contribution in [0.5, 0.6) is 0 Å². The second-order valence-electron chi connectivity index (χ2n) is 0.0680. The fourth-order valence-electron chi connectivity index (χ4n) is 0. The maximum absolute atomic E-state index is 8.29. The van der Waals surface area contributed by atoms with Crippen LogP contribution < -0.4 is 0 Å². The monoisotopic (exact) mass is 202 g/mol. The van der Waals surface area contributed by atoms with E-state index in [0.717, 1.165) is 0 Å². The summed E-state index contributed by atoms with van der Waals surface area (Å²) in [6, 6.07) is 0. The molecule has 0 bridgehead atoms. The normalized spacial score (nSPS) is 3.00. The molecule has 0 heterocycles. The molecule has 0 aromatic heterocycles. The smallest absolute Gasteiger partial charge is 0.168 e. The molecule has 4 heavy (non-hydrogen) atoms. The van der Waals surface area contributed by atoms with Crippen molar-refractivity contribution in [1.29, 1.82) is 0 Å². The van der Waals surface area contributed by atoms with Gasteiger partial charge in [-0.1, -0.05) is 0 Å². The Labute approximate surface area is 67.6 Å². The van der Waals surface area contributed by atoms with Gasteiger partial charge in [0.05, 0.1) is 0 Å². The molecule has 0 N–H and O–H groups in total. The van der Waals surface area contributed by atoms with Gasteiger partial charge in [0.15, 0.2) is 0 Å². The van der Waals surface area contributed by atoms with E-state index >= 15 is 0 Å². The molecule has 2 radical (unpaired) electrons. The summed E-state index contributed by atoms with van der Waals surface area (Å²) in [5.74, 6) is 0. The van der Waals surface area contributed by atoms with Crippen LogP contribution in [0.1, 0.15) is 0 Å². The van der Waals surface area contributed by atoms with E-state index in [-0.39, 0.29) is 48.9 Å². The fourth-order valence-corrected chi connectivity index (χ4v) is 0. The van der Waals surface area contributed by atoms with Crippen LogP contribution >= 0.6 is 0 Å². The first-order valence-corrected chi connectivity index (χ1v) is 1.00. The van der Waals surface area contributed by atoms with Gasteiger partial charge in [0.25, 0.3) is 0 Å². The minimum atomic E-state index is -0.750. The molecule has 0 aromatic rings. The predicted octanol–water partition coefficient (Wildman–Crippen LogP) is -1.05. The molecule has 2 nitrogen and oxygen atoms in total. The molecule has 0 spiro atoms. The van der Waals surface area contributed by atoms with Crippen LogP contribution in [0.2, 0.25) is 0 Å². The first-order chi connectivity index (χ1) is 1.41.